The van der Waals surface area contributed by atoms with Gasteiger partial charge in [-0.3, -0.25) is 0 Å². The molecule has 4 N–H and O–H groups in total. The highest BCUT2D eigenvalue weighted by molar-refractivity contribution is 6.31. The van der Waals surface area contributed by atoms with Crippen molar-refractivity contribution in [2.75, 3.05) is 6.54 Å². The SMILES string of the molecule is Cc1c(Cl)cc(O)c(O)c1C1(CN)CCC1. The zero-order valence-corrected chi connectivity index (χ0v) is 10.0. The summed E-state index contributed by atoms with van der Waals surface area (Å²) in [4.78, 5) is 0. The molecule has 0 aromatic heterocycles. The van der Waals surface area contributed by atoms with Gasteiger partial charge in [0.1, 0.15) is 0 Å². The molecule has 1 aromatic rings. The van der Waals surface area contributed by atoms with Gasteiger partial charge in [0.2, 0.25) is 0 Å². The average molecular weight is 242 g/mol. The standard InChI is InChI=1S/C12H16ClNO2/c1-7-8(13)5-9(15)11(16)10(7)12(6-14)3-2-4-12/h5,15-16H,2-4,6,14H2,1H3. The number of hydrogen-bond acceptors (Lipinski definition) is 3. The first kappa shape index (κ1) is 11.6. The molecule has 88 valence electrons. The van der Waals surface area contributed by atoms with Gasteiger partial charge >= 0.3 is 0 Å². The summed E-state index contributed by atoms with van der Waals surface area (Å²) in [5, 5.41) is 20.1. The van der Waals surface area contributed by atoms with E-state index < -0.39 is 0 Å². The summed E-state index contributed by atoms with van der Waals surface area (Å²) in [5.41, 5.74) is 7.15. The largest absolute Gasteiger partial charge is 0.504 e. The number of phenols is 2. The third-order valence-corrected chi connectivity index (χ3v) is 4.10. The van der Waals surface area contributed by atoms with Gasteiger partial charge in [0.15, 0.2) is 11.5 Å². The maximum Gasteiger partial charge on any atom is 0.161 e. The molecule has 3 nitrogen and oxygen atoms in total. The summed E-state index contributed by atoms with van der Waals surface area (Å²) in [7, 11) is 0. The topological polar surface area (TPSA) is 66.5 Å². The van der Waals surface area contributed by atoms with Crippen LogP contribution in [-0.4, -0.2) is 16.8 Å². The van der Waals surface area contributed by atoms with Crippen LogP contribution in [0.15, 0.2) is 6.07 Å². The van der Waals surface area contributed by atoms with Crippen molar-refractivity contribution in [1.29, 1.82) is 0 Å². The lowest BCUT2D eigenvalue weighted by atomic mass is 9.63. The van der Waals surface area contributed by atoms with Crippen LogP contribution in [0.2, 0.25) is 5.02 Å². The van der Waals surface area contributed by atoms with Crippen molar-refractivity contribution >= 4 is 11.6 Å². The first-order valence-corrected chi connectivity index (χ1v) is 5.81. The van der Waals surface area contributed by atoms with E-state index >= 15 is 0 Å². The molecule has 1 saturated carbocycles. The third kappa shape index (κ3) is 1.46. The Balaban J connectivity index is 2.63. The zero-order valence-electron chi connectivity index (χ0n) is 9.26. The van der Waals surface area contributed by atoms with Gasteiger partial charge in [-0.1, -0.05) is 18.0 Å². The van der Waals surface area contributed by atoms with E-state index in [2.05, 4.69) is 0 Å². The van der Waals surface area contributed by atoms with Crippen LogP contribution in [0.1, 0.15) is 30.4 Å². The molecule has 0 unspecified atom stereocenters. The van der Waals surface area contributed by atoms with Gasteiger partial charge in [0.25, 0.3) is 0 Å². The summed E-state index contributed by atoms with van der Waals surface area (Å²) in [6.45, 7) is 2.33. The summed E-state index contributed by atoms with van der Waals surface area (Å²) >= 11 is 6.02. The predicted molar refractivity (Wildman–Crippen MR) is 64.1 cm³/mol. The lowest BCUT2D eigenvalue weighted by molar-refractivity contribution is 0.241. The highest BCUT2D eigenvalue weighted by atomic mass is 35.5. The van der Waals surface area contributed by atoms with Gasteiger partial charge in [-0.2, -0.15) is 0 Å². The Morgan fingerprint density at radius 2 is 2.06 bits per heavy atom. The molecule has 16 heavy (non-hydrogen) atoms. The molecule has 0 atom stereocenters. The van der Waals surface area contributed by atoms with Gasteiger partial charge in [-0.25, -0.2) is 0 Å². The van der Waals surface area contributed by atoms with Gasteiger partial charge < -0.3 is 15.9 Å². The molecule has 0 amide bonds. The number of rotatable bonds is 2. The number of nitrogens with two attached hydrogens (primary N) is 1. The van der Waals surface area contributed by atoms with Gasteiger partial charge in [-0.05, 0) is 25.3 Å². The van der Waals surface area contributed by atoms with Crippen LogP contribution in [0.25, 0.3) is 0 Å². The van der Waals surface area contributed by atoms with Gasteiger partial charge in [0.05, 0.1) is 0 Å². The number of phenolic OH excluding ortho intramolecular Hbond substituents is 2. The fraction of sp³-hybridized carbons (Fsp3) is 0.500. The minimum absolute atomic E-state index is 0.0629. The second-order valence-corrected chi connectivity index (χ2v) is 4.97. The van der Waals surface area contributed by atoms with E-state index in [1.54, 1.807) is 0 Å². The monoisotopic (exact) mass is 241 g/mol. The van der Waals surface area contributed by atoms with E-state index in [4.69, 9.17) is 17.3 Å². The molecule has 4 heteroatoms. The van der Waals surface area contributed by atoms with Crippen molar-refractivity contribution in [3.05, 3.63) is 22.2 Å². The molecule has 1 aliphatic carbocycles. The maximum atomic E-state index is 9.97. The van der Waals surface area contributed by atoms with Crippen LogP contribution < -0.4 is 5.73 Å². The molecule has 1 aromatic carbocycles. The van der Waals surface area contributed by atoms with Crippen LogP contribution in [-0.2, 0) is 5.41 Å². The second kappa shape index (κ2) is 3.82. The summed E-state index contributed by atoms with van der Waals surface area (Å²) in [6, 6.07) is 1.37. The van der Waals surface area contributed by atoms with Gasteiger partial charge in [-0.15, -0.1) is 0 Å². The lowest BCUT2D eigenvalue weighted by Gasteiger charge is -2.42. The van der Waals surface area contributed by atoms with Crippen LogP contribution >= 0.6 is 11.6 Å². The Kier molecular flexibility index (Phi) is 2.76. The first-order chi connectivity index (χ1) is 7.52. The summed E-state index contributed by atoms with van der Waals surface area (Å²) < 4.78 is 0. The quantitative estimate of drug-likeness (QED) is 0.697. The highest BCUT2D eigenvalue weighted by Crippen LogP contribution is 2.51. The Morgan fingerprint density at radius 3 is 2.50 bits per heavy atom. The Bertz CT molecular complexity index is 396. The smallest absolute Gasteiger partial charge is 0.161 e. The Morgan fingerprint density at radius 1 is 1.44 bits per heavy atom. The zero-order chi connectivity index (χ0) is 11.9. The molecule has 0 bridgehead atoms. The average Bonchev–Trinajstić information content (AvgIpc) is 2.19. The minimum Gasteiger partial charge on any atom is -0.504 e. The van der Waals surface area contributed by atoms with Crippen LogP contribution in [0.5, 0.6) is 11.5 Å². The van der Waals surface area contributed by atoms with E-state index in [9.17, 15) is 10.2 Å². The van der Waals surface area contributed by atoms with Crippen molar-refractivity contribution < 1.29 is 10.2 Å². The number of halogens is 1. The lowest BCUT2D eigenvalue weighted by Crippen LogP contribution is -2.42. The molecule has 0 heterocycles. The van der Waals surface area contributed by atoms with E-state index in [-0.39, 0.29) is 16.9 Å². The summed E-state index contributed by atoms with van der Waals surface area (Å²) in [6.07, 6.45) is 2.98. The molecule has 0 aliphatic heterocycles. The van der Waals surface area contributed by atoms with Crippen LogP contribution in [0.4, 0.5) is 0 Å². The minimum atomic E-state index is -0.198. The Hall–Kier alpha value is -0.930. The van der Waals surface area contributed by atoms with Crippen molar-refractivity contribution in [2.24, 2.45) is 5.73 Å². The molecule has 1 fully saturated rings. The summed E-state index contributed by atoms with van der Waals surface area (Å²) in [5.74, 6) is -0.225. The second-order valence-electron chi connectivity index (χ2n) is 4.56. The molecule has 0 radical (unpaired) electrons. The number of benzene rings is 1. The molecule has 0 saturated heterocycles. The van der Waals surface area contributed by atoms with E-state index in [1.165, 1.54) is 6.07 Å². The van der Waals surface area contributed by atoms with Crippen molar-refractivity contribution in [3.8, 4) is 11.5 Å². The van der Waals surface area contributed by atoms with E-state index in [0.717, 1.165) is 30.4 Å². The van der Waals surface area contributed by atoms with Crippen molar-refractivity contribution in [1.82, 2.24) is 0 Å². The molecular formula is C12H16ClNO2. The normalized spacial score (nSPS) is 18.2. The van der Waals surface area contributed by atoms with Crippen molar-refractivity contribution in [3.63, 3.8) is 0 Å². The fourth-order valence-corrected chi connectivity index (χ4v) is 2.73. The van der Waals surface area contributed by atoms with Crippen molar-refractivity contribution in [2.45, 2.75) is 31.6 Å². The van der Waals surface area contributed by atoms with Crippen LogP contribution in [0.3, 0.4) is 0 Å². The molecule has 2 rings (SSSR count). The van der Waals surface area contributed by atoms with Crippen LogP contribution in [0, 0.1) is 6.92 Å². The molecule has 0 spiro atoms. The Labute approximate surface area is 99.8 Å². The maximum absolute atomic E-state index is 9.97. The third-order valence-electron chi connectivity index (χ3n) is 3.71. The number of aromatic hydroxyl groups is 2. The number of hydrogen-bond donors (Lipinski definition) is 3. The predicted octanol–water partition coefficient (Wildman–Crippen LogP) is 2.44. The fourth-order valence-electron chi connectivity index (χ4n) is 2.53. The first-order valence-electron chi connectivity index (χ1n) is 5.43. The van der Waals surface area contributed by atoms with E-state index in [0.29, 0.717) is 11.6 Å². The molecular weight excluding hydrogens is 226 g/mol. The molecule has 1 aliphatic rings. The van der Waals surface area contributed by atoms with E-state index in [1.807, 2.05) is 6.92 Å². The van der Waals surface area contributed by atoms with Gasteiger partial charge in [0, 0.05) is 28.6 Å². The highest BCUT2D eigenvalue weighted by Gasteiger charge is 2.41.